The number of piperidine rings is 1. The summed E-state index contributed by atoms with van der Waals surface area (Å²) in [7, 11) is 5.37. The van der Waals surface area contributed by atoms with Crippen molar-refractivity contribution in [1.29, 1.82) is 0 Å². The van der Waals surface area contributed by atoms with Crippen LogP contribution in [0.25, 0.3) is 10.8 Å². The number of benzene rings is 2. The molecule has 2 aromatic rings. The lowest BCUT2D eigenvalue weighted by Gasteiger charge is -2.33. The molecule has 1 N–H and O–H groups in total. The van der Waals surface area contributed by atoms with Crippen molar-refractivity contribution in [2.45, 2.75) is 12.8 Å². The van der Waals surface area contributed by atoms with E-state index >= 15 is 0 Å². The molecule has 0 saturated carbocycles. The Morgan fingerprint density at radius 2 is 1.79 bits per heavy atom. The highest BCUT2D eigenvalue weighted by molar-refractivity contribution is 6.08. The third kappa shape index (κ3) is 5.00. The van der Waals surface area contributed by atoms with E-state index in [2.05, 4.69) is 5.32 Å². The first-order chi connectivity index (χ1) is 13.6. The molecule has 0 atom stereocenters. The van der Waals surface area contributed by atoms with Crippen LogP contribution in [0.3, 0.4) is 0 Å². The van der Waals surface area contributed by atoms with Crippen LogP contribution < -0.4 is 10.1 Å². The molecular formula is C22H30ClN3O3. The van der Waals surface area contributed by atoms with Crippen molar-refractivity contribution in [1.82, 2.24) is 15.1 Å². The average Bonchev–Trinajstić information content (AvgIpc) is 2.75. The van der Waals surface area contributed by atoms with Gasteiger partial charge in [0.25, 0.3) is 5.91 Å². The molecule has 2 aromatic carbocycles. The van der Waals surface area contributed by atoms with Crippen molar-refractivity contribution in [2.24, 2.45) is 5.92 Å². The Bertz CT molecular complexity index is 850. The molecule has 6 nitrogen and oxygen atoms in total. The van der Waals surface area contributed by atoms with Gasteiger partial charge in [0.15, 0.2) is 0 Å². The van der Waals surface area contributed by atoms with E-state index < -0.39 is 0 Å². The van der Waals surface area contributed by atoms with Gasteiger partial charge in [-0.3, -0.25) is 9.59 Å². The van der Waals surface area contributed by atoms with Crippen LogP contribution in [0.2, 0.25) is 0 Å². The first-order valence-corrected chi connectivity index (χ1v) is 9.81. The lowest BCUT2D eigenvalue weighted by molar-refractivity contribution is -0.135. The van der Waals surface area contributed by atoms with Crippen LogP contribution in [-0.2, 0) is 4.79 Å². The standard InChI is InChI=1S/C22H29N3O3.ClH/c1-23-12-15-24(2)21(26)16-10-13-25(14-11-16)22(27)19-8-9-20(28-3)18-7-5-4-6-17(18)19;/h4-9,16,23H,10-15H2,1-3H3;1H. The Labute approximate surface area is 178 Å². The molecule has 2 amide bonds. The maximum atomic E-state index is 13.1. The number of amides is 2. The van der Waals surface area contributed by atoms with Crippen molar-refractivity contribution in [2.75, 3.05) is 47.4 Å². The van der Waals surface area contributed by atoms with Gasteiger partial charge in [-0.2, -0.15) is 0 Å². The number of methoxy groups -OCH3 is 1. The zero-order valence-corrected chi connectivity index (χ0v) is 18.1. The molecule has 1 aliphatic rings. The van der Waals surface area contributed by atoms with Crippen LogP contribution in [-0.4, -0.2) is 69.0 Å². The van der Waals surface area contributed by atoms with Gasteiger partial charge >= 0.3 is 0 Å². The van der Waals surface area contributed by atoms with Crippen molar-refractivity contribution in [3.8, 4) is 5.75 Å². The minimum absolute atomic E-state index is 0. The Kier molecular flexibility index (Phi) is 8.29. The summed E-state index contributed by atoms with van der Waals surface area (Å²) in [5.74, 6) is 0.963. The predicted octanol–water partition coefficient (Wildman–Crippen LogP) is 2.80. The third-order valence-electron chi connectivity index (χ3n) is 5.54. The molecule has 1 saturated heterocycles. The van der Waals surface area contributed by atoms with Crippen molar-refractivity contribution < 1.29 is 14.3 Å². The van der Waals surface area contributed by atoms with Crippen LogP contribution in [0.15, 0.2) is 36.4 Å². The molecule has 0 aromatic heterocycles. The number of nitrogens with zero attached hydrogens (tertiary/aromatic N) is 2. The van der Waals surface area contributed by atoms with Gasteiger partial charge in [-0.05, 0) is 37.4 Å². The SMILES string of the molecule is CNCCN(C)C(=O)C1CCN(C(=O)c2ccc(OC)c3ccccc23)CC1.Cl. The zero-order valence-electron chi connectivity index (χ0n) is 17.3. The van der Waals surface area contributed by atoms with E-state index in [-0.39, 0.29) is 30.1 Å². The van der Waals surface area contributed by atoms with E-state index in [4.69, 9.17) is 4.74 Å². The minimum Gasteiger partial charge on any atom is -0.496 e. The number of likely N-dealkylation sites (N-methyl/N-ethyl adjacent to an activating group) is 2. The van der Waals surface area contributed by atoms with E-state index in [0.29, 0.717) is 38.0 Å². The number of likely N-dealkylation sites (tertiary alicyclic amines) is 1. The smallest absolute Gasteiger partial charge is 0.254 e. The third-order valence-corrected chi connectivity index (χ3v) is 5.54. The molecule has 1 aliphatic heterocycles. The fourth-order valence-corrected chi connectivity index (χ4v) is 3.84. The fraction of sp³-hybridized carbons (Fsp3) is 0.455. The molecule has 0 unspecified atom stereocenters. The molecule has 158 valence electrons. The summed E-state index contributed by atoms with van der Waals surface area (Å²) in [5.41, 5.74) is 0.687. The molecule has 1 fully saturated rings. The molecule has 0 bridgehead atoms. The Balaban J connectivity index is 0.00000300. The molecule has 29 heavy (non-hydrogen) atoms. The molecule has 1 heterocycles. The number of hydrogen-bond acceptors (Lipinski definition) is 4. The molecule has 3 rings (SSSR count). The van der Waals surface area contributed by atoms with Gasteiger partial charge in [0, 0.05) is 50.1 Å². The molecule has 0 spiro atoms. The lowest BCUT2D eigenvalue weighted by Crippen LogP contribution is -2.44. The highest BCUT2D eigenvalue weighted by atomic mass is 35.5. The summed E-state index contributed by atoms with van der Waals surface area (Å²) in [6, 6.07) is 11.5. The molecular weight excluding hydrogens is 390 g/mol. The molecule has 0 radical (unpaired) electrons. The average molecular weight is 420 g/mol. The number of fused-ring (bicyclic) bond motifs is 1. The Morgan fingerprint density at radius 1 is 1.14 bits per heavy atom. The monoisotopic (exact) mass is 419 g/mol. The number of hydrogen-bond donors (Lipinski definition) is 1. The van der Waals surface area contributed by atoms with Crippen molar-refractivity contribution in [3.63, 3.8) is 0 Å². The van der Waals surface area contributed by atoms with Gasteiger partial charge in [0.2, 0.25) is 5.91 Å². The van der Waals surface area contributed by atoms with Gasteiger partial charge in [-0.1, -0.05) is 24.3 Å². The summed E-state index contributed by atoms with van der Waals surface area (Å²) in [4.78, 5) is 29.4. The van der Waals surface area contributed by atoms with Gasteiger partial charge in [-0.15, -0.1) is 12.4 Å². The van der Waals surface area contributed by atoms with E-state index in [1.165, 1.54) is 0 Å². The summed E-state index contributed by atoms with van der Waals surface area (Å²) in [6.07, 6.45) is 1.42. The van der Waals surface area contributed by atoms with Gasteiger partial charge in [0.05, 0.1) is 7.11 Å². The van der Waals surface area contributed by atoms with Crippen molar-refractivity contribution >= 4 is 35.0 Å². The number of ether oxygens (including phenoxy) is 1. The Morgan fingerprint density at radius 3 is 2.41 bits per heavy atom. The second-order valence-corrected chi connectivity index (χ2v) is 7.29. The van der Waals surface area contributed by atoms with E-state index in [1.54, 1.807) is 12.0 Å². The van der Waals surface area contributed by atoms with Gasteiger partial charge in [-0.25, -0.2) is 0 Å². The number of rotatable bonds is 6. The predicted molar refractivity (Wildman–Crippen MR) is 118 cm³/mol. The van der Waals surface area contributed by atoms with Crippen LogP contribution in [0.4, 0.5) is 0 Å². The first kappa shape index (κ1) is 23.0. The highest BCUT2D eigenvalue weighted by Gasteiger charge is 2.30. The lowest BCUT2D eigenvalue weighted by atomic mass is 9.94. The van der Waals surface area contributed by atoms with E-state index in [9.17, 15) is 9.59 Å². The highest BCUT2D eigenvalue weighted by Crippen LogP contribution is 2.30. The summed E-state index contributed by atoms with van der Waals surface area (Å²) in [5, 5.41) is 4.90. The maximum Gasteiger partial charge on any atom is 0.254 e. The minimum atomic E-state index is -0.00137. The quantitative estimate of drug-likeness (QED) is 0.782. The van der Waals surface area contributed by atoms with Crippen molar-refractivity contribution in [3.05, 3.63) is 42.0 Å². The molecule has 0 aliphatic carbocycles. The number of halogens is 1. The Hall–Kier alpha value is -2.31. The second-order valence-electron chi connectivity index (χ2n) is 7.29. The largest absolute Gasteiger partial charge is 0.496 e. The maximum absolute atomic E-state index is 13.1. The fourth-order valence-electron chi connectivity index (χ4n) is 3.84. The first-order valence-electron chi connectivity index (χ1n) is 9.81. The number of carbonyl (C=O) groups excluding carboxylic acids is 2. The summed E-state index contributed by atoms with van der Waals surface area (Å²) in [6.45, 7) is 2.70. The van der Waals surface area contributed by atoms with E-state index in [0.717, 1.165) is 23.1 Å². The molecule has 7 heteroatoms. The van der Waals surface area contributed by atoms with Gasteiger partial charge < -0.3 is 19.9 Å². The zero-order chi connectivity index (χ0) is 20.1. The summed E-state index contributed by atoms with van der Waals surface area (Å²) >= 11 is 0. The normalized spacial score (nSPS) is 14.4. The van der Waals surface area contributed by atoms with Crippen LogP contribution in [0.5, 0.6) is 5.75 Å². The van der Waals surface area contributed by atoms with Crippen LogP contribution >= 0.6 is 12.4 Å². The summed E-state index contributed by atoms with van der Waals surface area (Å²) < 4.78 is 5.43. The van der Waals surface area contributed by atoms with Crippen LogP contribution in [0, 0.1) is 5.92 Å². The number of carbonyl (C=O) groups is 2. The van der Waals surface area contributed by atoms with Crippen LogP contribution in [0.1, 0.15) is 23.2 Å². The topological polar surface area (TPSA) is 61.9 Å². The number of nitrogens with one attached hydrogen (secondary N) is 1. The van der Waals surface area contributed by atoms with E-state index in [1.807, 2.05) is 55.4 Å². The van der Waals surface area contributed by atoms with Gasteiger partial charge in [0.1, 0.15) is 5.75 Å². The second kappa shape index (κ2) is 10.5.